The van der Waals surface area contributed by atoms with Crippen molar-refractivity contribution in [3.05, 3.63) is 53.1 Å². The van der Waals surface area contributed by atoms with Crippen LogP contribution >= 0.6 is 0 Å². The second kappa shape index (κ2) is 6.32. The van der Waals surface area contributed by atoms with E-state index < -0.39 is 0 Å². The lowest BCUT2D eigenvalue weighted by molar-refractivity contribution is 0.0927. The van der Waals surface area contributed by atoms with E-state index in [1.807, 2.05) is 37.4 Å². The molecule has 1 aromatic carbocycles. The van der Waals surface area contributed by atoms with Crippen molar-refractivity contribution in [1.82, 2.24) is 14.9 Å². The minimum atomic E-state index is -0.0248. The van der Waals surface area contributed by atoms with Crippen molar-refractivity contribution in [3.8, 4) is 0 Å². The monoisotopic (exact) mass is 299 g/mol. The molecule has 1 amide bonds. The molecule has 1 N–H and O–H groups in total. The van der Waals surface area contributed by atoms with E-state index in [1.165, 1.54) is 0 Å². The van der Waals surface area contributed by atoms with Gasteiger partial charge in [-0.3, -0.25) is 4.79 Å². The predicted molar refractivity (Wildman–Crippen MR) is 83.7 cm³/mol. The van der Waals surface area contributed by atoms with Crippen LogP contribution in [-0.4, -0.2) is 28.6 Å². The first-order valence-corrected chi connectivity index (χ1v) is 7.57. The molecule has 0 spiro atoms. The lowest BCUT2D eigenvalue weighted by Gasteiger charge is -2.24. The summed E-state index contributed by atoms with van der Waals surface area (Å²) in [6.07, 6.45) is 3.88. The first-order chi connectivity index (χ1) is 10.7. The molecule has 0 saturated heterocycles. The van der Waals surface area contributed by atoms with Gasteiger partial charge in [-0.05, 0) is 31.0 Å². The van der Waals surface area contributed by atoms with Crippen LogP contribution in [0.25, 0.3) is 0 Å². The van der Waals surface area contributed by atoms with Crippen LogP contribution in [0.5, 0.6) is 0 Å². The molecule has 1 aliphatic heterocycles. The molecule has 0 unspecified atom stereocenters. The summed E-state index contributed by atoms with van der Waals surface area (Å²) in [7, 11) is 1.65. The maximum atomic E-state index is 12.4. The molecule has 2 aromatic rings. The summed E-state index contributed by atoms with van der Waals surface area (Å²) < 4.78 is 7.26. The van der Waals surface area contributed by atoms with Gasteiger partial charge in [-0.25, -0.2) is 4.98 Å². The fourth-order valence-electron chi connectivity index (χ4n) is 2.94. The normalized spacial score (nSPS) is 17.1. The van der Waals surface area contributed by atoms with Gasteiger partial charge in [0.2, 0.25) is 0 Å². The zero-order chi connectivity index (χ0) is 15.5. The number of aromatic nitrogens is 2. The van der Waals surface area contributed by atoms with E-state index in [4.69, 9.17) is 4.74 Å². The first kappa shape index (κ1) is 14.8. The van der Waals surface area contributed by atoms with Crippen LogP contribution in [0.2, 0.25) is 0 Å². The lowest BCUT2D eigenvalue weighted by atomic mass is 10.1. The largest absolute Gasteiger partial charge is 0.380 e. The standard InChI is InChI=1S/C17H21N3O2/c1-12-9-20-10-15(6-7-16(20)18-12)19-17(21)14-5-3-4-13(8-14)11-22-2/h3-5,8-9,15H,6-7,10-11H2,1-2H3,(H,19,21)/t15-/m0/s1. The number of carbonyl (C=O) groups excluding carboxylic acids is 1. The second-order valence-corrected chi connectivity index (χ2v) is 5.79. The zero-order valence-corrected chi connectivity index (χ0v) is 13.0. The summed E-state index contributed by atoms with van der Waals surface area (Å²) in [6, 6.07) is 7.72. The average Bonchev–Trinajstić information content (AvgIpc) is 2.87. The van der Waals surface area contributed by atoms with Crippen LogP contribution in [0.3, 0.4) is 0 Å². The number of ether oxygens (including phenoxy) is 1. The number of fused-ring (bicyclic) bond motifs is 1. The van der Waals surface area contributed by atoms with E-state index in [0.717, 1.165) is 36.5 Å². The lowest BCUT2D eigenvalue weighted by Crippen LogP contribution is -2.40. The van der Waals surface area contributed by atoms with E-state index in [2.05, 4.69) is 14.9 Å². The number of hydrogen-bond donors (Lipinski definition) is 1. The Labute approximate surface area is 130 Å². The van der Waals surface area contributed by atoms with E-state index >= 15 is 0 Å². The highest BCUT2D eigenvalue weighted by molar-refractivity contribution is 5.94. The van der Waals surface area contributed by atoms with E-state index in [-0.39, 0.29) is 11.9 Å². The predicted octanol–water partition coefficient (Wildman–Crippen LogP) is 2.08. The molecule has 0 radical (unpaired) electrons. The molecule has 0 saturated carbocycles. The fourth-order valence-corrected chi connectivity index (χ4v) is 2.94. The number of hydrogen-bond acceptors (Lipinski definition) is 3. The number of nitrogens with one attached hydrogen (secondary N) is 1. The van der Waals surface area contributed by atoms with Crippen LogP contribution in [-0.2, 0) is 24.3 Å². The summed E-state index contributed by atoms with van der Waals surface area (Å²) in [4.78, 5) is 16.9. The van der Waals surface area contributed by atoms with Crippen LogP contribution in [0.15, 0.2) is 30.5 Å². The van der Waals surface area contributed by atoms with Crippen LogP contribution < -0.4 is 5.32 Å². The topological polar surface area (TPSA) is 56.1 Å². The van der Waals surface area contributed by atoms with Gasteiger partial charge in [-0.2, -0.15) is 0 Å². The average molecular weight is 299 g/mol. The molecule has 5 nitrogen and oxygen atoms in total. The van der Waals surface area contributed by atoms with Gasteiger partial charge in [0, 0.05) is 37.9 Å². The van der Waals surface area contributed by atoms with Crippen molar-refractivity contribution in [1.29, 1.82) is 0 Å². The van der Waals surface area contributed by atoms with Crippen molar-refractivity contribution >= 4 is 5.91 Å². The van der Waals surface area contributed by atoms with E-state index in [0.29, 0.717) is 12.2 Å². The quantitative estimate of drug-likeness (QED) is 0.940. The molecular formula is C17H21N3O2. The van der Waals surface area contributed by atoms with Gasteiger partial charge in [0.25, 0.3) is 5.91 Å². The minimum Gasteiger partial charge on any atom is -0.380 e. The van der Waals surface area contributed by atoms with Crippen LogP contribution in [0.4, 0.5) is 0 Å². The third kappa shape index (κ3) is 3.20. The van der Waals surface area contributed by atoms with Crippen molar-refractivity contribution < 1.29 is 9.53 Å². The van der Waals surface area contributed by atoms with Gasteiger partial charge in [-0.15, -0.1) is 0 Å². The molecule has 1 aromatic heterocycles. The Balaban J connectivity index is 1.66. The third-order valence-electron chi connectivity index (χ3n) is 3.95. The van der Waals surface area contributed by atoms with Crippen molar-refractivity contribution in [2.45, 2.75) is 39.0 Å². The minimum absolute atomic E-state index is 0.0248. The number of amides is 1. The number of aryl methyl sites for hydroxylation is 2. The molecule has 0 fully saturated rings. The molecule has 116 valence electrons. The third-order valence-corrected chi connectivity index (χ3v) is 3.95. The summed E-state index contributed by atoms with van der Waals surface area (Å²) in [5, 5.41) is 3.13. The first-order valence-electron chi connectivity index (χ1n) is 7.57. The number of imidazole rings is 1. The van der Waals surface area contributed by atoms with Gasteiger partial charge in [0.05, 0.1) is 12.3 Å². The van der Waals surface area contributed by atoms with E-state index in [1.54, 1.807) is 7.11 Å². The van der Waals surface area contributed by atoms with Crippen molar-refractivity contribution in [2.24, 2.45) is 0 Å². The van der Waals surface area contributed by atoms with Gasteiger partial charge in [0.1, 0.15) is 5.82 Å². The molecule has 3 rings (SSSR count). The maximum absolute atomic E-state index is 12.4. The number of nitrogens with zero attached hydrogens (tertiary/aromatic N) is 2. The van der Waals surface area contributed by atoms with Crippen molar-refractivity contribution in [2.75, 3.05) is 7.11 Å². The Kier molecular flexibility index (Phi) is 4.24. The van der Waals surface area contributed by atoms with Gasteiger partial charge < -0.3 is 14.6 Å². The smallest absolute Gasteiger partial charge is 0.251 e. The number of benzene rings is 1. The Morgan fingerprint density at radius 2 is 2.36 bits per heavy atom. The van der Waals surface area contributed by atoms with Gasteiger partial charge in [-0.1, -0.05) is 12.1 Å². The molecular weight excluding hydrogens is 278 g/mol. The van der Waals surface area contributed by atoms with Gasteiger partial charge in [0.15, 0.2) is 0 Å². The summed E-state index contributed by atoms with van der Waals surface area (Å²) >= 11 is 0. The molecule has 1 atom stereocenters. The highest BCUT2D eigenvalue weighted by atomic mass is 16.5. The second-order valence-electron chi connectivity index (χ2n) is 5.79. The molecule has 1 aliphatic rings. The van der Waals surface area contributed by atoms with Crippen LogP contribution in [0, 0.1) is 6.92 Å². The Hall–Kier alpha value is -2.14. The van der Waals surface area contributed by atoms with Crippen LogP contribution in [0.1, 0.15) is 33.9 Å². The number of methoxy groups -OCH3 is 1. The molecule has 22 heavy (non-hydrogen) atoms. The van der Waals surface area contributed by atoms with E-state index in [9.17, 15) is 4.79 Å². The Morgan fingerprint density at radius 1 is 1.50 bits per heavy atom. The molecule has 2 heterocycles. The van der Waals surface area contributed by atoms with Gasteiger partial charge >= 0.3 is 0 Å². The zero-order valence-electron chi connectivity index (χ0n) is 13.0. The Bertz CT molecular complexity index is 678. The number of rotatable bonds is 4. The Morgan fingerprint density at radius 3 is 3.18 bits per heavy atom. The fraction of sp³-hybridized carbons (Fsp3) is 0.412. The molecule has 5 heteroatoms. The summed E-state index contributed by atoms with van der Waals surface area (Å²) in [5.74, 6) is 1.09. The SMILES string of the molecule is COCc1cccc(C(=O)N[C@H]2CCc3nc(C)cn3C2)c1. The highest BCUT2D eigenvalue weighted by Gasteiger charge is 2.21. The maximum Gasteiger partial charge on any atom is 0.251 e. The highest BCUT2D eigenvalue weighted by Crippen LogP contribution is 2.16. The summed E-state index contributed by atoms with van der Waals surface area (Å²) in [6.45, 7) is 3.31. The molecule has 0 bridgehead atoms. The summed E-state index contributed by atoms with van der Waals surface area (Å²) in [5.41, 5.74) is 2.72. The van der Waals surface area contributed by atoms with Crippen molar-refractivity contribution in [3.63, 3.8) is 0 Å². The molecule has 0 aliphatic carbocycles. The number of carbonyl (C=O) groups is 1.